The first-order chi connectivity index (χ1) is 9.65. The van der Waals surface area contributed by atoms with E-state index in [1.807, 2.05) is 28.8 Å². The molecule has 5 heteroatoms. The quantitative estimate of drug-likeness (QED) is 0.652. The maximum Gasteiger partial charge on any atom is 0.181 e. The molecule has 1 aromatic heterocycles. The van der Waals surface area contributed by atoms with E-state index in [4.69, 9.17) is 22.7 Å². The zero-order valence-corrected chi connectivity index (χ0v) is 11.8. The van der Waals surface area contributed by atoms with Gasteiger partial charge in [0.1, 0.15) is 10.7 Å². The van der Waals surface area contributed by atoms with Crippen LogP contribution >= 0.6 is 12.2 Å². The fraction of sp³-hybridized carbons (Fsp3) is 0.200. The lowest BCUT2D eigenvalue weighted by Gasteiger charge is -2.08. The number of nitrogens with two attached hydrogens (primary N) is 1. The maximum absolute atomic E-state index is 11.0. The largest absolute Gasteiger partial charge is 0.494 e. The molecule has 0 fully saturated rings. The van der Waals surface area contributed by atoms with E-state index in [1.165, 1.54) is 0 Å². The minimum atomic E-state index is 0.0235. The number of thiocarbonyl (C=S) groups is 1. The number of rotatable bonds is 6. The van der Waals surface area contributed by atoms with Crippen molar-refractivity contribution in [2.75, 3.05) is 6.61 Å². The van der Waals surface area contributed by atoms with Crippen LogP contribution in [-0.4, -0.2) is 16.2 Å². The highest BCUT2D eigenvalue weighted by atomic mass is 32.1. The van der Waals surface area contributed by atoms with E-state index < -0.39 is 0 Å². The van der Waals surface area contributed by atoms with Crippen molar-refractivity contribution >= 4 is 17.2 Å². The molecule has 4 nitrogen and oxygen atoms in total. The molecule has 2 aromatic rings. The van der Waals surface area contributed by atoms with Crippen LogP contribution in [0.4, 0.5) is 0 Å². The zero-order valence-electron chi connectivity index (χ0n) is 11.0. The van der Waals surface area contributed by atoms with E-state index in [0.29, 0.717) is 11.6 Å². The van der Waals surface area contributed by atoms with Crippen LogP contribution in [0.5, 0.6) is 5.75 Å². The van der Waals surface area contributed by atoms with E-state index in [0.717, 1.165) is 24.3 Å². The molecule has 0 saturated heterocycles. The molecule has 0 saturated carbocycles. The first-order valence-electron chi connectivity index (χ1n) is 6.34. The van der Waals surface area contributed by atoms with Crippen LogP contribution in [0.25, 0.3) is 0 Å². The van der Waals surface area contributed by atoms with E-state index in [-0.39, 0.29) is 5.43 Å². The standard InChI is InChI=1S/C15H16N2O2S/c16-15(20)12-2-4-14(5-3-12)19-11-1-8-17-9-6-13(18)7-10-17/h2-7,9-10H,1,8,11H2,(H2,16,20). The topological polar surface area (TPSA) is 57.2 Å². The molecule has 0 spiro atoms. The lowest BCUT2D eigenvalue weighted by molar-refractivity contribution is 0.301. The third kappa shape index (κ3) is 4.20. The van der Waals surface area contributed by atoms with Gasteiger partial charge in [0.2, 0.25) is 0 Å². The van der Waals surface area contributed by atoms with E-state index in [9.17, 15) is 4.79 Å². The van der Waals surface area contributed by atoms with Gasteiger partial charge in [0.15, 0.2) is 5.43 Å². The Labute approximate surface area is 122 Å². The van der Waals surface area contributed by atoms with Gasteiger partial charge in [0.25, 0.3) is 0 Å². The van der Waals surface area contributed by atoms with Gasteiger partial charge < -0.3 is 15.0 Å². The summed E-state index contributed by atoms with van der Waals surface area (Å²) in [4.78, 5) is 11.3. The predicted octanol–water partition coefficient (Wildman–Crippen LogP) is 1.95. The molecule has 104 valence electrons. The summed E-state index contributed by atoms with van der Waals surface area (Å²) in [5.74, 6) is 0.796. The molecule has 0 aliphatic heterocycles. The summed E-state index contributed by atoms with van der Waals surface area (Å²) < 4.78 is 7.59. The number of aryl methyl sites for hydroxylation is 1. The van der Waals surface area contributed by atoms with E-state index in [2.05, 4.69) is 0 Å². The van der Waals surface area contributed by atoms with Crippen LogP contribution in [0.2, 0.25) is 0 Å². The van der Waals surface area contributed by atoms with Gasteiger partial charge in [-0.2, -0.15) is 0 Å². The molecule has 1 aromatic carbocycles. The molecule has 0 unspecified atom stereocenters. The molecule has 1 heterocycles. The van der Waals surface area contributed by atoms with Gasteiger partial charge in [-0.15, -0.1) is 0 Å². The Morgan fingerprint density at radius 2 is 1.80 bits per heavy atom. The Hall–Kier alpha value is -2.14. The van der Waals surface area contributed by atoms with Crippen LogP contribution in [0.15, 0.2) is 53.6 Å². The Kier molecular flexibility index (Phi) is 4.90. The van der Waals surface area contributed by atoms with Gasteiger partial charge in [-0.25, -0.2) is 0 Å². The molecule has 2 N–H and O–H groups in total. The Balaban J connectivity index is 1.77. The fourth-order valence-corrected chi connectivity index (χ4v) is 1.88. The zero-order chi connectivity index (χ0) is 14.4. The average Bonchev–Trinajstić information content (AvgIpc) is 2.46. The number of hydrogen-bond donors (Lipinski definition) is 1. The SMILES string of the molecule is NC(=S)c1ccc(OCCCn2ccc(=O)cc2)cc1. The van der Waals surface area contributed by atoms with Crippen molar-refractivity contribution in [2.24, 2.45) is 5.73 Å². The van der Waals surface area contributed by atoms with Crippen molar-refractivity contribution in [1.29, 1.82) is 0 Å². The summed E-state index contributed by atoms with van der Waals surface area (Å²) in [6.45, 7) is 1.42. The Morgan fingerprint density at radius 3 is 2.40 bits per heavy atom. The van der Waals surface area contributed by atoms with Crippen LogP contribution in [0.3, 0.4) is 0 Å². The minimum Gasteiger partial charge on any atom is -0.494 e. The summed E-state index contributed by atoms with van der Waals surface area (Å²) >= 11 is 4.89. The van der Waals surface area contributed by atoms with Gasteiger partial charge in [0.05, 0.1) is 6.61 Å². The predicted molar refractivity (Wildman–Crippen MR) is 83.1 cm³/mol. The van der Waals surface area contributed by atoms with Gasteiger partial charge >= 0.3 is 0 Å². The smallest absolute Gasteiger partial charge is 0.181 e. The highest BCUT2D eigenvalue weighted by molar-refractivity contribution is 7.80. The summed E-state index contributed by atoms with van der Waals surface area (Å²) in [7, 11) is 0. The van der Waals surface area contributed by atoms with Crippen LogP contribution in [0, 0.1) is 0 Å². The second kappa shape index (κ2) is 6.86. The molecule has 20 heavy (non-hydrogen) atoms. The summed E-state index contributed by atoms with van der Waals surface area (Å²) in [5, 5.41) is 0. The van der Waals surface area contributed by atoms with Crippen molar-refractivity contribution in [1.82, 2.24) is 4.57 Å². The van der Waals surface area contributed by atoms with Gasteiger partial charge in [0, 0.05) is 36.6 Å². The van der Waals surface area contributed by atoms with Crippen LogP contribution in [0.1, 0.15) is 12.0 Å². The third-order valence-electron chi connectivity index (χ3n) is 2.83. The van der Waals surface area contributed by atoms with Gasteiger partial charge in [-0.3, -0.25) is 4.79 Å². The van der Waals surface area contributed by atoms with Crippen molar-refractivity contribution in [3.63, 3.8) is 0 Å². The first kappa shape index (κ1) is 14.3. The second-order valence-corrected chi connectivity index (χ2v) is 4.80. The van der Waals surface area contributed by atoms with Crippen molar-refractivity contribution in [3.8, 4) is 5.75 Å². The van der Waals surface area contributed by atoms with Crippen LogP contribution < -0.4 is 15.9 Å². The van der Waals surface area contributed by atoms with Crippen LogP contribution in [-0.2, 0) is 6.54 Å². The molecule has 0 amide bonds. The lowest BCUT2D eigenvalue weighted by atomic mass is 10.2. The molecule has 0 radical (unpaired) electrons. The first-order valence-corrected chi connectivity index (χ1v) is 6.75. The van der Waals surface area contributed by atoms with E-state index >= 15 is 0 Å². The Bertz CT molecular complexity index is 615. The van der Waals surface area contributed by atoms with Gasteiger partial charge in [-0.1, -0.05) is 12.2 Å². The molecule has 0 aliphatic carbocycles. The number of ether oxygens (including phenoxy) is 1. The van der Waals surface area contributed by atoms with Crippen molar-refractivity contribution < 1.29 is 4.74 Å². The molecule has 0 bridgehead atoms. The Morgan fingerprint density at radius 1 is 1.15 bits per heavy atom. The van der Waals surface area contributed by atoms with Crippen molar-refractivity contribution in [2.45, 2.75) is 13.0 Å². The number of aromatic nitrogens is 1. The summed E-state index contributed by atoms with van der Waals surface area (Å²) in [5.41, 5.74) is 6.38. The summed E-state index contributed by atoms with van der Waals surface area (Å²) in [6, 6.07) is 10.5. The van der Waals surface area contributed by atoms with E-state index in [1.54, 1.807) is 24.5 Å². The highest BCUT2D eigenvalue weighted by Gasteiger charge is 1.98. The number of pyridine rings is 1. The second-order valence-electron chi connectivity index (χ2n) is 4.36. The molecule has 0 atom stereocenters. The number of benzene rings is 1. The average molecular weight is 288 g/mol. The molecular weight excluding hydrogens is 272 g/mol. The molecule has 0 aliphatic rings. The summed E-state index contributed by atoms with van der Waals surface area (Å²) in [6.07, 6.45) is 4.42. The maximum atomic E-state index is 11.0. The minimum absolute atomic E-state index is 0.0235. The number of hydrogen-bond acceptors (Lipinski definition) is 3. The number of nitrogens with zero attached hydrogens (tertiary/aromatic N) is 1. The molecular formula is C15H16N2O2S. The third-order valence-corrected chi connectivity index (χ3v) is 3.06. The highest BCUT2D eigenvalue weighted by Crippen LogP contribution is 2.12. The molecule has 2 rings (SSSR count). The normalized spacial score (nSPS) is 10.2. The monoisotopic (exact) mass is 288 g/mol. The van der Waals surface area contributed by atoms with Gasteiger partial charge in [-0.05, 0) is 30.7 Å². The van der Waals surface area contributed by atoms with Crippen molar-refractivity contribution in [3.05, 3.63) is 64.6 Å². The lowest BCUT2D eigenvalue weighted by Crippen LogP contribution is -2.09. The fourth-order valence-electron chi connectivity index (χ4n) is 1.75.